The summed E-state index contributed by atoms with van der Waals surface area (Å²) in [5.41, 5.74) is 1.34. The van der Waals surface area contributed by atoms with Gasteiger partial charge in [0.15, 0.2) is 0 Å². The quantitative estimate of drug-likeness (QED) is 0.824. The van der Waals surface area contributed by atoms with Gasteiger partial charge in [-0.3, -0.25) is 14.3 Å². The van der Waals surface area contributed by atoms with Crippen molar-refractivity contribution >= 4 is 11.9 Å². The number of rotatable bonds is 7. The Labute approximate surface area is 136 Å². The molecule has 7 nitrogen and oxygen atoms in total. The average Bonchev–Trinajstić information content (AvgIpc) is 3.11. The van der Waals surface area contributed by atoms with E-state index in [9.17, 15) is 9.59 Å². The predicted molar refractivity (Wildman–Crippen MR) is 84.4 cm³/mol. The summed E-state index contributed by atoms with van der Waals surface area (Å²) < 4.78 is 7.16. The lowest BCUT2D eigenvalue weighted by Gasteiger charge is -2.24. The van der Waals surface area contributed by atoms with Crippen LogP contribution in [0.15, 0.2) is 6.07 Å². The lowest BCUT2D eigenvalue weighted by molar-refractivity contribution is -0.137. The molecule has 1 atom stereocenters. The molecule has 2 heterocycles. The molecular formula is C16H25N3O4. The average molecular weight is 323 g/mol. The first-order valence-corrected chi connectivity index (χ1v) is 8.05. The number of amides is 1. The van der Waals surface area contributed by atoms with Gasteiger partial charge in [-0.05, 0) is 24.8 Å². The van der Waals surface area contributed by atoms with E-state index in [0.717, 1.165) is 18.5 Å². The number of ether oxygens (including phenoxy) is 1. The maximum atomic E-state index is 12.8. The second kappa shape index (κ2) is 7.59. The van der Waals surface area contributed by atoms with Gasteiger partial charge in [0.2, 0.25) is 0 Å². The third kappa shape index (κ3) is 4.54. The van der Waals surface area contributed by atoms with Gasteiger partial charge in [0, 0.05) is 26.7 Å². The molecule has 0 unspecified atom stereocenters. The van der Waals surface area contributed by atoms with Crippen molar-refractivity contribution < 1.29 is 19.4 Å². The summed E-state index contributed by atoms with van der Waals surface area (Å²) in [4.78, 5) is 25.3. The van der Waals surface area contributed by atoms with E-state index in [0.29, 0.717) is 18.8 Å². The molecule has 1 aromatic rings. The van der Waals surface area contributed by atoms with Gasteiger partial charge in [-0.25, -0.2) is 0 Å². The van der Waals surface area contributed by atoms with E-state index in [1.807, 2.05) is 13.8 Å². The molecule has 1 aliphatic heterocycles. The summed E-state index contributed by atoms with van der Waals surface area (Å²) in [7, 11) is 1.74. The maximum Gasteiger partial charge on any atom is 0.305 e. The van der Waals surface area contributed by atoms with Crippen LogP contribution in [0.1, 0.15) is 55.2 Å². The second-order valence-electron chi connectivity index (χ2n) is 6.26. The lowest BCUT2D eigenvalue weighted by atomic mass is 10.1. The number of carboxylic acids is 1. The number of aryl methyl sites for hydroxylation is 1. The number of hydrogen-bond donors (Lipinski definition) is 1. The predicted octanol–water partition coefficient (Wildman–Crippen LogP) is 1.64. The molecule has 7 heteroatoms. The van der Waals surface area contributed by atoms with E-state index in [4.69, 9.17) is 9.84 Å². The maximum absolute atomic E-state index is 12.8. The van der Waals surface area contributed by atoms with Gasteiger partial charge in [-0.2, -0.15) is 5.10 Å². The van der Waals surface area contributed by atoms with Gasteiger partial charge >= 0.3 is 5.97 Å². The van der Waals surface area contributed by atoms with E-state index in [1.165, 1.54) is 0 Å². The third-order valence-electron chi connectivity index (χ3n) is 4.04. The van der Waals surface area contributed by atoms with Gasteiger partial charge in [0.1, 0.15) is 5.69 Å². The highest BCUT2D eigenvalue weighted by Crippen LogP contribution is 2.18. The minimum absolute atomic E-state index is 0.00876. The molecule has 0 aliphatic carbocycles. The molecule has 1 aromatic heterocycles. The van der Waals surface area contributed by atoms with E-state index < -0.39 is 5.97 Å². The van der Waals surface area contributed by atoms with Crippen LogP contribution >= 0.6 is 0 Å². The molecule has 0 radical (unpaired) electrons. The van der Waals surface area contributed by atoms with Crippen molar-refractivity contribution in [1.29, 1.82) is 0 Å². The molecule has 0 bridgehead atoms. The van der Waals surface area contributed by atoms with Crippen LogP contribution in [-0.4, -0.2) is 57.5 Å². The molecule has 0 saturated carbocycles. The van der Waals surface area contributed by atoms with Crippen LogP contribution in [0.2, 0.25) is 0 Å². The zero-order chi connectivity index (χ0) is 17.0. The number of carbonyl (C=O) groups excluding carboxylic acids is 1. The van der Waals surface area contributed by atoms with Crippen LogP contribution in [-0.2, 0) is 16.6 Å². The van der Waals surface area contributed by atoms with Crippen LogP contribution < -0.4 is 0 Å². The van der Waals surface area contributed by atoms with Crippen molar-refractivity contribution in [3.05, 3.63) is 17.5 Å². The van der Waals surface area contributed by atoms with Gasteiger partial charge in [0.25, 0.3) is 5.91 Å². The van der Waals surface area contributed by atoms with Gasteiger partial charge in [-0.1, -0.05) is 13.8 Å². The van der Waals surface area contributed by atoms with Crippen LogP contribution in [0, 0.1) is 0 Å². The third-order valence-corrected chi connectivity index (χ3v) is 4.04. The summed E-state index contributed by atoms with van der Waals surface area (Å²) in [5, 5.41) is 13.3. The molecule has 1 saturated heterocycles. The Morgan fingerprint density at radius 1 is 1.52 bits per heavy atom. The number of nitrogens with zero attached hydrogens (tertiary/aromatic N) is 3. The van der Waals surface area contributed by atoms with Crippen LogP contribution in [0.3, 0.4) is 0 Å². The van der Waals surface area contributed by atoms with Crippen LogP contribution in [0.4, 0.5) is 0 Å². The molecule has 1 amide bonds. The topological polar surface area (TPSA) is 84.7 Å². The first-order chi connectivity index (χ1) is 10.9. The smallest absolute Gasteiger partial charge is 0.305 e. The molecule has 1 N–H and O–H groups in total. The minimum atomic E-state index is -0.914. The SMILES string of the molecule is CC(C)c1cc(C(=O)N(CCC(=O)O)C[C@H]2CCCO2)n(C)n1. The Bertz CT molecular complexity index is 562. The number of carboxylic acid groups (broad SMARTS) is 1. The summed E-state index contributed by atoms with van der Waals surface area (Å²) >= 11 is 0. The fraction of sp³-hybridized carbons (Fsp3) is 0.688. The lowest BCUT2D eigenvalue weighted by Crippen LogP contribution is -2.39. The number of aliphatic carboxylic acids is 1. The zero-order valence-corrected chi connectivity index (χ0v) is 14.0. The Morgan fingerprint density at radius 2 is 2.26 bits per heavy atom. The van der Waals surface area contributed by atoms with Gasteiger partial charge in [0.05, 0.1) is 18.2 Å². The van der Waals surface area contributed by atoms with Gasteiger partial charge < -0.3 is 14.7 Å². The number of carbonyl (C=O) groups is 2. The van der Waals surface area contributed by atoms with Crippen molar-refractivity contribution in [3.63, 3.8) is 0 Å². The summed E-state index contributed by atoms with van der Waals surface area (Å²) in [6.45, 7) is 5.34. The fourth-order valence-electron chi connectivity index (χ4n) is 2.67. The molecule has 2 rings (SSSR count). The Kier molecular flexibility index (Phi) is 5.76. The zero-order valence-electron chi connectivity index (χ0n) is 14.0. The van der Waals surface area contributed by atoms with E-state index >= 15 is 0 Å². The largest absolute Gasteiger partial charge is 0.481 e. The second-order valence-corrected chi connectivity index (χ2v) is 6.26. The van der Waals surface area contributed by atoms with Crippen molar-refractivity contribution in [2.45, 2.75) is 45.1 Å². The normalized spacial score (nSPS) is 17.7. The first kappa shape index (κ1) is 17.5. The number of aromatic nitrogens is 2. The van der Waals surface area contributed by atoms with Crippen molar-refractivity contribution in [2.24, 2.45) is 7.05 Å². The molecule has 1 aliphatic rings. The monoisotopic (exact) mass is 323 g/mol. The van der Waals surface area contributed by atoms with E-state index in [2.05, 4.69) is 5.10 Å². The fourth-order valence-corrected chi connectivity index (χ4v) is 2.67. The Morgan fingerprint density at radius 3 is 2.78 bits per heavy atom. The van der Waals surface area contributed by atoms with Crippen LogP contribution in [0.5, 0.6) is 0 Å². The summed E-state index contributed by atoms with van der Waals surface area (Å²) in [6, 6.07) is 1.79. The molecule has 0 spiro atoms. The minimum Gasteiger partial charge on any atom is -0.481 e. The van der Waals surface area contributed by atoms with Crippen molar-refractivity contribution in [2.75, 3.05) is 19.7 Å². The standard InChI is InChI=1S/C16H25N3O4/c1-11(2)13-9-14(18(3)17-13)16(22)19(7-6-15(20)21)10-12-5-4-8-23-12/h9,11-12H,4-8,10H2,1-3H3,(H,20,21)/t12-/m1/s1. The molecule has 23 heavy (non-hydrogen) atoms. The highest BCUT2D eigenvalue weighted by atomic mass is 16.5. The summed E-state index contributed by atoms with van der Waals surface area (Å²) in [6.07, 6.45) is 1.80. The Balaban J connectivity index is 2.15. The number of hydrogen-bond acceptors (Lipinski definition) is 4. The van der Waals surface area contributed by atoms with Gasteiger partial charge in [-0.15, -0.1) is 0 Å². The highest BCUT2D eigenvalue weighted by Gasteiger charge is 2.26. The van der Waals surface area contributed by atoms with E-state index in [-0.39, 0.29) is 30.9 Å². The molecule has 128 valence electrons. The summed E-state index contributed by atoms with van der Waals surface area (Å²) in [5.74, 6) is -0.875. The van der Waals surface area contributed by atoms with Crippen molar-refractivity contribution in [1.82, 2.24) is 14.7 Å². The molecule has 1 fully saturated rings. The first-order valence-electron chi connectivity index (χ1n) is 8.05. The van der Waals surface area contributed by atoms with E-state index in [1.54, 1.807) is 22.7 Å². The van der Waals surface area contributed by atoms with Crippen molar-refractivity contribution in [3.8, 4) is 0 Å². The molecule has 0 aromatic carbocycles. The van der Waals surface area contributed by atoms with Crippen LogP contribution in [0.25, 0.3) is 0 Å². The Hall–Kier alpha value is -1.89. The molecular weight excluding hydrogens is 298 g/mol. The highest BCUT2D eigenvalue weighted by molar-refractivity contribution is 5.93.